The fourth-order valence-corrected chi connectivity index (χ4v) is 1.37. The summed E-state index contributed by atoms with van der Waals surface area (Å²) < 4.78 is 0. The third kappa shape index (κ3) is 1.59. The van der Waals surface area contributed by atoms with Crippen LogP contribution in [0.1, 0.15) is 0 Å². The first-order valence-corrected chi connectivity index (χ1v) is 4.52. The van der Waals surface area contributed by atoms with Crippen molar-refractivity contribution in [1.82, 2.24) is 4.98 Å². The molecule has 1 heterocycles. The topological polar surface area (TPSA) is 24.9 Å². The van der Waals surface area contributed by atoms with Gasteiger partial charge in [-0.1, -0.05) is 12.1 Å². The minimum absolute atomic E-state index is 0.752. The molecule has 0 saturated carbocycles. The number of hydrogen-bond acceptors (Lipinski definition) is 2. The van der Waals surface area contributed by atoms with Gasteiger partial charge in [0.15, 0.2) is 0 Å². The molecular formula is C12H11N2. The van der Waals surface area contributed by atoms with Gasteiger partial charge in [-0.25, -0.2) is 0 Å². The van der Waals surface area contributed by atoms with Crippen LogP contribution in [0.4, 0.5) is 5.69 Å². The number of nitrogens with one attached hydrogen (secondary N) is 1. The molecule has 2 aromatic rings. The molecule has 1 radical (unpaired) electrons. The van der Waals surface area contributed by atoms with Gasteiger partial charge in [0.1, 0.15) is 0 Å². The number of nitrogens with zero attached hydrogens (tertiary/aromatic N) is 1. The fourth-order valence-electron chi connectivity index (χ4n) is 1.37. The second-order valence-electron chi connectivity index (χ2n) is 2.96. The van der Waals surface area contributed by atoms with E-state index in [1.165, 1.54) is 0 Å². The van der Waals surface area contributed by atoms with E-state index in [9.17, 15) is 0 Å². The predicted molar refractivity (Wildman–Crippen MR) is 59.3 cm³/mol. The lowest BCUT2D eigenvalue weighted by molar-refractivity contribution is 1.34. The minimum atomic E-state index is 0.752. The van der Waals surface area contributed by atoms with Gasteiger partial charge in [0.05, 0.1) is 5.52 Å². The Balaban J connectivity index is 2.48. The summed E-state index contributed by atoms with van der Waals surface area (Å²) in [6, 6.07) is 11.0. The highest BCUT2D eigenvalue weighted by Gasteiger charge is 1.98. The van der Waals surface area contributed by atoms with Crippen LogP contribution in [0, 0.1) is 6.07 Å². The maximum absolute atomic E-state index is 4.25. The molecule has 1 aromatic carbocycles. The van der Waals surface area contributed by atoms with Gasteiger partial charge in [-0.15, -0.1) is 6.58 Å². The number of benzene rings is 1. The number of anilines is 1. The molecule has 0 unspecified atom stereocenters. The van der Waals surface area contributed by atoms with Crippen molar-refractivity contribution in [1.29, 1.82) is 0 Å². The summed E-state index contributed by atoms with van der Waals surface area (Å²) in [6.07, 6.45) is 3.58. The molecule has 0 bridgehead atoms. The van der Waals surface area contributed by atoms with Crippen LogP contribution in [0.3, 0.4) is 0 Å². The maximum Gasteiger partial charge on any atom is 0.0729 e. The van der Waals surface area contributed by atoms with Crippen LogP contribution in [-0.4, -0.2) is 11.5 Å². The van der Waals surface area contributed by atoms with Crippen LogP contribution >= 0.6 is 0 Å². The summed E-state index contributed by atoms with van der Waals surface area (Å²) in [7, 11) is 0. The van der Waals surface area contributed by atoms with E-state index in [2.05, 4.69) is 22.9 Å². The molecule has 0 fully saturated rings. The number of hydrogen-bond donors (Lipinski definition) is 1. The van der Waals surface area contributed by atoms with Crippen molar-refractivity contribution in [3.63, 3.8) is 0 Å². The lowest BCUT2D eigenvalue weighted by atomic mass is 10.2. The highest BCUT2D eigenvalue weighted by molar-refractivity contribution is 5.90. The predicted octanol–water partition coefficient (Wildman–Crippen LogP) is 2.63. The fraction of sp³-hybridized carbons (Fsp3) is 0.0833. The van der Waals surface area contributed by atoms with Gasteiger partial charge >= 0.3 is 0 Å². The van der Waals surface area contributed by atoms with Gasteiger partial charge in [0.2, 0.25) is 0 Å². The smallest absolute Gasteiger partial charge is 0.0729 e. The van der Waals surface area contributed by atoms with E-state index < -0.39 is 0 Å². The van der Waals surface area contributed by atoms with E-state index in [0.717, 1.165) is 23.1 Å². The molecule has 1 N–H and O–H groups in total. The number of fused-ring (bicyclic) bond motifs is 1. The molecular weight excluding hydrogens is 172 g/mol. The Morgan fingerprint density at radius 1 is 1.50 bits per heavy atom. The van der Waals surface area contributed by atoms with Crippen molar-refractivity contribution in [3.8, 4) is 0 Å². The van der Waals surface area contributed by atoms with Crippen molar-refractivity contribution >= 4 is 16.6 Å². The van der Waals surface area contributed by atoms with E-state index in [4.69, 9.17) is 0 Å². The van der Waals surface area contributed by atoms with Crippen molar-refractivity contribution < 1.29 is 0 Å². The molecule has 2 rings (SSSR count). The largest absolute Gasteiger partial charge is 0.381 e. The number of rotatable bonds is 3. The zero-order valence-corrected chi connectivity index (χ0v) is 7.83. The van der Waals surface area contributed by atoms with Gasteiger partial charge in [-0.3, -0.25) is 4.98 Å². The van der Waals surface area contributed by atoms with Crippen LogP contribution in [0.2, 0.25) is 0 Å². The van der Waals surface area contributed by atoms with E-state index >= 15 is 0 Å². The Labute approximate surface area is 83.3 Å². The third-order valence-electron chi connectivity index (χ3n) is 2.00. The highest BCUT2D eigenvalue weighted by atomic mass is 14.9. The standard InChI is InChI=1S/C12H11N2/c1-2-8-13-11-6-3-7-12-10(11)5-4-9-14-12/h2-4,6-7,9,13H,1,8H2. The monoisotopic (exact) mass is 183 g/mol. The van der Waals surface area contributed by atoms with E-state index in [1.807, 2.05) is 30.3 Å². The molecule has 14 heavy (non-hydrogen) atoms. The van der Waals surface area contributed by atoms with Crippen molar-refractivity contribution in [2.24, 2.45) is 0 Å². The quantitative estimate of drug-likeness (QED) is 0.740. The number of pyridine rings is 1. The first kappa shape index (κ1) is 8.75. The molecule has 2 nitrogen and oxygen atoms in total. The van der Waals surface area contributed by atoms with Gasteiger partial charge < -0.3 is 5.32 Å². The SMILES string of the molecule is C=CCNc1cccc2ncc[c]c12. The average Bonchev–Trinajstić information content (AvgIpc) is 2.26. The average molecular weight is 183 g/mol. The molecule has 1 aromatic heterocycles. The lowest BCUT2D eigenvalue weighted by Gasteiger charge is -2.06. The van der Waals surface area contributed by atoms with Crippen LogP contribution in [0.5, 0.6) is 0 Å². The first-order chi connectivity index (χ1) is 6.92. The van der Waals surface area contributed by atoms with E-state index in [0.29, 0.717) is 0 Å². The van der Waals surface area contributed by atoms with Crippen LogP contribution in [0.15, 0.2) is 43.1 Å². The van der Waals surface area contributed by atoms with Crippen molar-refractivity contribution in [2.75, 3.05) is 11.9 Å². The third-order valence-corrected chi connectivity index (χ3v) is 2.00. The molecule has 69 valence electrons. The summed E-state index contributed by atoms with van der Waals surface area (Å²) in [5, 5.41) is 4.27. The number of aromatic nitrogens is 1. The van der Waals surface area contributed by atoms with Crippen molar-refractivity contribution in [3.05, 3.63) is 49.2 Å². The molecule has 0 amide bonds. The zero-order valence-electron chi connectivity index (χ0n) is 7.83. The molecule has 0 aliphatic carbocycles. The lowest BCUT2D eigenvalue weighted by Crippen LogP contribution is -1.98. The van der Waals surface area contributed by atoms with Gasteiger partial charge in [0, 0.05) is 23.8 Å². The highest BCUT2D eigenvalue weighted by Crippen LogP contribution is 2.20. The van der Waals surface area contributed by atoms with E-state index in [1.54, 1.807) is 6.20 Å². The Bertz CT molecular complexity index is 444. The summed E-state index contributed by atoms with van der Waals surface area (Å²) >= 11 is 0. The molecule has 0 aliphatic heterocycles. The molecule has 0 atom stereocenters. The summed E-state index contributed by atoms with van der Waals surface area (Å²) in [5.74, 6) is 0. The Morgan fingerprint density at radius 2 is 2.43 bits per heavy atom. The molecule has 0 aliphatic rings. The summed E-state index contributed by atoms with van der Waals surface area (Å²) in [6.45, 7) is 4.42. The second-order valence-corrected chi connectivity index (χ2v) is 2.96. The second kappa shape index (κ2) is 3.92. The van der Waals surface area contributed by atoms with Crippen LogP contribution in [0.25, 0.3) is 10.9 Å². The van der Waals surface area contributed by atoms with E-state index in [-0.39, 0.29) is 0 Å². The Morgan fingerprint density at radius 3 is 3.29 bits per heavy atom. The van der Waals surface area contributed by atoms with Gasteiger partial charge in [-0.05, 0) is 24.3 Å². The van der Waals surface area contributed by atoms with Gasteiger partial charge in [0.25, 0.3) is 0 Å². The molecule has 0 spiro atoms. The minimum Gasteiger partial charge on any atom is -0.381 e. The Hall–Kier alpha value is -1.83. The molecule has 0 saturated heterocycles. The van der Waals surface area contributed by atoms with Gasteiger partial charge in [-0.2, -0.15) is 0 Å². The summed E-state index contributed by atoms with van der Waals surface area (Å²) in [4.78, 5) is 4.25. The first-order valence-electron chi connectivity index (χ1n) is 4.52. The molecule has 2 heteroatoms. The van der Waals surface area contributed by atoms with Crippen LogP contribution < -0.4 is 5.32 Å². The summed E-state index contributed by atoms with van der Waals surface area (Å²) in [5.41, 5.74) is 2.01. The normalized spacial score (nSPS) is 10.0. The van der Waals surface area contributed by atoms with Crippen molar-refractivity contribution in [2.45, 2.75) is 0 Å². The maximum atomic E-state index is 4.25. The zero-order chi connectivity index (χ0) is 9.80. The van der Waals surface area contributed by atoms with Crippen LogP contribution in [-0.2, 0) is 0 Å². The Kier molecular flexibility index (Phi) is 2.45.